The van der Waals surface area contributed by atoms with Crippen molar-refractivity contribution in [2.75, 3.05) is 16.9 Å². The van der Waals surface area contributed by atoms with Gasteiger partial charge in [0.25, 0.3) is 0 Å². The van der Waals surface area contributed by atoms with Crippen molar-refractivity contribution < 1.29 is 13.2 Å². The molecule has 27 heavy (non-hydrogen) atoms. The monoisotopic (exact) mass is 382 g/mol. The number of carbonyl (C=O) groups excluding carboxylic acids is 1. The highest BCUT2D eigenvalue weighted by atomic mass is 32.2. The van der Waals surface area contributed by atoms with Gasteiger partial charge in [0, 0.05) is 42.9 Å². The molecule has 3 rings (SSSR count). The van der Waals surface area contributed by atoms with Crippen LogP contribution in [0, 0.1) is 0 Å². The minimum Gasteiger partial charge on any atom is -0.355 e. The summed E-state index contributed by atoms with van der Waals surface area (Å²) >= 11 is 0. The molecule has 2 aromatic heterocycles. The largest absolute Gasteiger partial charge is 0.355 e. The standard InChI is InChI=1S/C19H18N4O3S/c1-13(24)22-19-11-18(16(12-21-19)17-8-3-4-9-20-17)23-14-6-5-7-15(10-14)27(2,25)26/h3-12H,1-2H3,(H2,21,22,23,24). The fourth-order valence-corrected chi connectivity index (χ4v) is 3.16. The van der Waals surface area contributed by atoms with Gasteiger partial charge in [-0.1, -0.05) is 12.1 Å². The number of pyridine rings is 2. The maximum atomic E-state index is 11.8. The van der Waals surface area contributed by atoms with Crippen LogP contribution in [-0.4, -0.2) is 30.5 Å². The molecule has 0 bridgehead atoms. The molecule has 8 heteroatoms. The van der Waals surface area contributed by atoms with Crippen LogP contribution < -0.4 is 10.6 Å². The first-order chi connectivity index (χ1) is 12.8. The molecule has 1 amide bonds. The van der Waals surface area contributed by atoms with Crippen molar-refractivity contribution in [3.63, 3.8) is 0 Å². The molecule has 1 aromatic carbocycles. The Morgan fingerprint density at radius 3 is 2.52 bits per heavy atom. The van der Waals surface area contributed by atoms with E-state index in [9.17, 15) is 13.2 Å². The molecule has 3 aromatic rings. The van der Waals surface area contributed by atoms with Gasteiger partial charge in [0.05, 0.1) is 16.3 Å². The Hall–Kier alpha value is -3.26. The Labute approximate surface area is 157 Å². The van der Waals surface area contributed by atoms with Gasteiger partial charge in [-0.2, -0.15) is 0 Å². The predicted octanol–water partition coefficient (Wildman–Crippen LogP) is 3.25. The summed E-state index contributed by atoms with van der Waals surface area (Å²) in [6, 6.07) is 13.7. The van der Waals surface area contributed by atoms with Gasteiger partial charge in [-0.25, -0.2) is 13.4 Å². The maximum Gasteiger partial charge on any atom is 0.222 e. The Kier molecular flexibility index (Phi) is 5.18. The molecule has 2 heterocycles. The first-order valence-electron chi connectivity index (χ1n) is 8.09. The summed E-state index contributed by atoms with van der Waals surface area (Å²) < 4.78 is 23.6. The van der Waals surface area contributed by atoms with Gasteiger partial charge in [0.15, 0.2) is 9.84 Å². The van der Waals surface area contributed by atoms with Crippen LogP contribution in [0.4, 0.5) is 17.2 Å². The van der Waals surface area contributed by atoms with E-state index >= 15 is 0 Å². The average Bonchev–Trinajstić information content (AvgIpc) is 2.62. The number of benzene rings is 1. The second kappa shape index (κ2) is 7.55. The van der Waals surface area contributed by atoms with Crippen molar-refractivity contribution >= 4 is 32.9 Å². The van der Waals surface area contributed by atoms with Crippen LogP contribution >= 0.6 is 0 Å². The lowest BCUT2D eigenvalue weighted by Crippen LogP contribution is -2.08. The molecule has 0 aliphatic heterocycles. The first kappa shape index (κ1) is 18.5. The molecule has 0 atom stereocenters. The quantitative estimate of drug-likeness (QED) is 0.702. The summed E-state index contributed by atoms with van der Waals surface area (Å²) in [7, 11) is -3.33. The van der Waals surface area contributed by atoms with E-state index in [0.29, 0.717) is 22.9 Å². The topological polar surface area (TPSA) is 101 Å². The molecule has 7 nitrogen and oxygen atoms in total. The molecule has 0 spiro atoms. The lowest BCUT2D eigenvalue weighted by Gasteiger charge is -2.14. The van der Waals surface area contributed by atoms with Crippen LogP contribution in [0.3, 0.4) is 0 Å². The number of rotatable bonds is 5. The number of sulfone groups is 1. The van der Waals surface area contributed by atoms with E-state index in [1.165, 1.54) is 13.0 Å². The molecule has 0 saturated carbocycles. The highest BCUT2D eigenvalue weighted by Gasteiger charge is 2.12. The molecule has 0 fully saturated rings. The number of nitrogens with one attached hydrogen (secondary N) is 2. The second-order valence-corrected chi connectivity index (χ2v) is 7.95. The van der Waals surface area contributed by atoms with Crippen LogP contribution in [0.1, 0.15) is 6.92 Å². The van der Waals surface area contributed by atoms with Crippen molar-refractivity contribution in [3.05, 3.63) is 60.9 Å². The SMILES string of the molecule is CC(=O)Nc1cc(Nc2cccc(S(C)(=O)=O)c2)c(-c2ccccn2)cn1. The number of hydrogen-bond acceptors (Lipinski definition) is 6. The summed E-state index contributed by atoms with van der Waals surface area (Å²) in [5.41, 5.74) is 2.64. The molecular weight excluding hydrogens is 364 g/mol. The molecule has 0 saturated heterocycles. The van der Waals surface area contributed by atoms with Crippen molar-refractivity contribution in [1.82, 2.24) is 9.97 Å². The van der Waals surface area contributed by atoms with Gasteiger partial charge < -0.3 is 10.6 Å². The Bertz CT molecular complexity index is 1080. The number of carbonyl (C=O) groups is 1. The zero-order valence-corrected chi connectivity index (χ0v) is 15.6. The van der Waals surface area contributed by atoms with Gasteiger partial charge in [0.1, 0.15) is 5.82 Å². The van der Waals surface area contributed by atoms with Gasteiger partial charge in [-0.05, 0) is 30.3 Å². The normalized spacial score (nSPS) is 11.0. The maximum absolute atomic E-state index is 11.8. The van der Waals surface area contributed by atoms with Crippen LogP contribution in [0.25, 0.3) is 11.3 Å². The van der Waals surface area contributed by atoms with Gasteiger partial charge in [0.2, 0.25) is 5.91 Å². The third-order valence-electron chi connectivity index (χ3n) is 3.69. The number of amides is 1. The van der Waals surface area contributed by atoms with Gasteiger partial charge >= 0.3 is 0 Å². The number of aromatic nitrogens is 2. The highest BCUT2D eigenvalue weighted by Crippen LogP contribution is 2.31. The molecule has 0 radical (unpaired) electrons. The molecule has 0 aliphatic rings. The molecule has 0 aliphatic carbocycles. The fraction of sp³-hybridized carbons (Fsp3) is 0.105. The Morgan fingerprint density at radius 1 is 1.04 bits per heavy atom. The summed E-state index contributed by atoms with van der Waals surface area (Å²) in [5, 5.41) is 5.84. The predicted molar refractivity (Wildman–Crippen MR) is 105 cm³/mol. The van der Waals surface area contributed by atoms with Gasteiger partial charge in [-0.3, -0.25) is 9.78 Å². The van der Waals surface area contributed by atoms with E-state index in [1.54, 1.807) is 36.7 Å². The van der Waals surface area contributed by atoms with Crippen molar-refractivity contribution in [3.8, 4) is 11.3 Å². The van der Waals surface area contributed by atoms with E-state index in [2.05, 4.69) is 20.6 Å². The van der Waals surface area contributed by atoms with Crippen molar-refractivity contribution in [1.29, 1.82) is 0 Å². The fourth-order valence-electron chi connectivity index (χ4n) is 2.49. The molecule has 138 valence electrons. The number of hydrogen-bond donors (Lipinski definition) is 2. The summed E-state index contributed by atoms with van der Waals surface area (Å²) in [5.74, 6) is 0.141. The van der Waals surface area contributed by atoms with Crippen LogP contribution in [0.2, 0.25) is 0 Å². The average molecular weight is 382 g/mol. The van der Waals surface area contributed by atoms with E-state index < -0.39 is 9.84 Å². The summed E-state index contributed by atoms with van der Waals surface area (Å²) in [6.45, 7) is 1.40. The minimum atomic E-state index is -3.33. The van der Waals surface area contributed by atoms with Crippen LogP contribution in [-0.2, 0) is 14.6 Å². The van der Waals surface area contributed by atoms with E-state index in [4.69, 9.17) is 0 Å². The van der Waals surface area contributed by atoms with E-state index in [1.807, 2.05) is 18.2 Å². The van der Waals surface area contributed by atoms with E-state index in [-0.39, 0.29) is 10.8 Å². The van der Waals surface area contributed by atoms with Crippen molar-refractivity contribution in [2.45, 2.75) is 11.8 Å². The Morgan fingerprint density at radius 2 is 1.85 bits per heavy atom. The van der Waals surface area contributed by atoms with E-state index in [0.717, 1.165) is 11.8 Å². The summed E-state index contributed by atoms with van der Waals surface area (Å²) in [6.07, 6.45) is 4.44. The lowest BCUT2D eigenvalue weighted by molar-refractivity contribution is -0.114. The third kappa shape index (κ3) is 4.68. The first-order valence-corrected chi connectivity index (χ1v) is 9.98. The number of anilines is 3. The minimum absolute atomic E-state index is 0.211. The Balaban J connectivity index is 2.05. The van der Waals surface area contributed by atoms with Crippen molar-refractivity contribution in [2.24, 2.45) is 0 Å². The third-order valence-corrected chi connectivity index (χ3v) is 4.80. The lowest BCUT2D eigenvalue weighted by atomic mass is 10.1. The molecule has 2 N–H and O–H groups in total. The second-order valence-electron chi connectivity index (χ2n) is 5.94. The zero-order valence-electron chi connectivity index (χ0n) is 14.8. The zero-order chi connectivity index (χ0) is 19.4. The van der Waals surface area contributed by atoms with Gasteiger partial charge in [-0.15, -0.1) is 0 Å². The molecular formula is C19H18N4O3S. The smallest absolute Gasteiger partial charge is 0.222 e. The number of nitrogens with zero attached hydrogens (tertiary/aromatic N) is 2. The molecule has 0 unspecified atom stereocenters. The van der Waals surface area contributed by atoms with Crippen LogP contribution in [0.15, 0.2) is 65.8 Å². The summed E-state index contributed by atoms with van der Waals surface area (Å²) in [4.78, 5) is 20.1. The highest BCUT2D eigenvalue weighted by molar-refractivity contribution is 7.90. The van der Waals surface area contributed by atoms with Crippen LogP contribution in [0.5, 0.6) is 0 Å².